The second-order valence-electron chi connectivity index (χ2n) is 6.58. The number of aliphatic hydroxyl groups is 1. The van der Waals surface area contributed by atoms with Crippen molar-refractivity contribution in [2.24, 2.45) is 5.92 Å². The molecule has 1 aliphatic rings. The van der Waals surface area contributed by atoms with Crippen molar-refractivity contribution >= 4 is 0 Å². The zero-order chi connectivity index (χ0) is 14.8. The highest BCUT2D eigenvalue weighted by atomic mass is 16.3. The predicted molar refractivity (Wildman–Crippen MR) is 81.5 cm³/mol. The maximum Gasteiger partial charge on any atom is 0.114 e. The second-order valence-corrected chi connectivity index (χ2v) is 6.58. The zero-order valence-corrected chi connectivity index (χ0v) is 13.3. The fraction of sp³-hybridized carbons (Fsp3) is 0.812. The van der Waals surface area contributed by atoms with Gasteiger partial charge in [0, 0.05) is 12.7 Å². The third-order valence-corrected chi connectivity index (χ3v) is 4.87. The molecule has 1 aromatic rings. The van der Waals surface area contributed by atoms with Crippen LogP contribution >= 0.6 is 0 Å². The van der Waals surface area contributed by atoms with Gasteiger partial charge in [-0.1, -0.05) is 26.7 Å². The van der Waals surface area contributed by atoms with Crippen LogP contribution < -0.4 is 0 Å². The Bertz CT molecular complexity index is 429. The summed E-state index contributed by atoms with van der Waals surface area (Å²) in [6, 6.07) is 1.98. The summed E-state index contributed by atoms with van der Waals surface area (Å²) < 4.78 is 1.97. The van der Waals surface area contributed by atoms with Gasteiger partial charge < -0.3 is 10.0 Å². The molecule has 1 heterocycles. The summed E-state index contributed by atoms with van der Waals surface area (Å²) >= 11 is 0. The molecule has 0 saturated heterocycles. The average Bonchev–Trinajstić information content (AvgIpc) is 2.86. The van der Waals surface area contributed by atoms with Crippen molar-refractivity contribution in [3.8, 4) is 0 Å². The molecule has 114 valence electrons. The first-order valence-electron chi connectivity index (χ1n) is 7.88. The summed E-state index contributed by atoms with van der Waals surface area (Å²) in [6.45, 7) is 5.31. The fourth-order valence-electron chi connectivity index (χ4n) is 3.71. The highest BCUT2D eigenvalue weighted by Crippen LogP contribution is 2.43. The van der Waals surface area contributed by atoms with Gasteiger partial charge in [0.2, 0.25) is 0 Å². The van der Waals surface area contributed by atoms with Gasteiger partial charge in [0.1, 0.15) is 6.10 Å². The van der Waals surface area contributed by atoms with Gasteiger partial charge in [0.25, 0.3) is 0 Å². The summed E-state index contributed by atoms with van der Waals surface area (Å²) in [4.78, 5) is 2.23. The van der Waals surface area contributed by atoms with Crippen LogP contribution in [0.25, 0.3) is 0 Å². The van der Waals surface area contributed by atoms with Crippen LogP contribution in [0.15, 0.2) is 12.3 Å². The molecule has 0 aromatic carbocycles. The van der Waals surface area contributed by atoms with Crippen molar-refractivity contribution < 1.29 is 5.11 Å². The van der Waals surface area contributed by atoms with Crippen molar-refractivity contribution in [2.45, 2.75) is 64.1 Å². The molecule has 1 aromatic heterocycles. The van der Waals surface area contributed by atoms with Crippen LogP contribution in [0, 0.1) is 5.92 Å². The third kappa shape index (κ3) is 2.77. The lowest BCUT2D eigenvalue weighted by Gasteiger charge is -2.48. The molecule has 3 atom stereocenters. The number of hydrogen-bond acceptors (Lipinski definition) is 3. The van der Waals surface area contributed by atoms with Crippen LogP contribution in [0.1, 0.15) is 57.7 Å². The molecule has 3 unspecified atom stereocenters. The summed E-state index contributed by atoms with van der Waals surface area (Å²) in [5.41, 5.74) is 0.818. The van der Waals surface area contributed by atoms with E-state index in [-0.39, 0.29) is 5.54 Å². The Balaban J connectivity index is 2.31. The minimum atomic E-state index is -0.464. The van der Waals surface area contributed by atoms with Crippen LogP contribution in [0.4, 0.5) is 0 Å². The Labute approximate surface area is 122 Å². The fourth-order valence-corrected chi connectivity index (χ4v) is 3.71. The van der Waals surface area contributed by atoms with Gasteiger partial charge >= 0.3 is 0 Å². The first kappa shape index (κ1) is 15.5. The van der Waals surface area contributed by atoms with E-state index in [0.29, 0.717) is 5.92 Å². The molecule has 4 nitrogen and oxygen atoms in total. The SMILES string of the molecule is CCCn1nccc1C(O)C1(N(C)C)CCCC(C)C1. The molecular formula is C16H29N3O. The number of aromatic nitrogens is 2. The lowest BCUT2D eigenvalue weighted by Crippen LogP contribution is -2.52. The van der Waals surface area contributed by atoms with Gasteiger partial charge in [0.05, 0.1) is 11.2 Å². The number of likely N-dealkylation sites (N-methyl/N-ethyl adjacent to an activating group) is 1. The monoisotopic (exact) mass is 279 g/mol. The summed E-state index contributed by atoms with van der Waals surface area (Å²) in [5, 5.41) is 15.4. The van der Waals surface area contributed by atoms with Crippen LogP contribution in [-0.2, 0) is 6.54 Å². The third-order valence-electron chi connectivity index (χ3n) is 4.87. The largest absolute Gasteiger partial charge is 0.385 e. The lowest BCUT2D eigenvalue weighted by atomic mass is 9.71. The van der Waals surface area contributed by atoms with E-state index in [0.717, 1.165) is 31.5 Å². The van der Waals surface area contributed by atoms with Gasteiger partial charge in [-0.3, -0.25) is 4.68 Å². The molecule has 0 radical (unpaired) electrons. The highest BCUT2D eigenvalue weighted by molar-refractivity contribution is 5.14. The van der Waals surface area contributed by atoms with Crippen LogP contribution in [-0.4, -0.2) is 39.4 Å². The molecular weight excluding hydrogens is 250 g/mol. The predicted octanol–water partition coefficient (Wildman–Crippen LogP) is 2.84. The first-order chi connectivity index (χ1) is 9.51. The number of nitrogens with zero attached hydrogens (tertiary/aromatic N) is 3. The van der Waals surface area contributed by atoms with E-state index < -0.39 is 6.10 Å². The summed E-state index contributed by atoms with van der Waals surface area (Å²) in [6.07, 6.45) is 6.96. The molecule has 1 aliphatic carbocycles. The van der Waals surface area contributed by atoms with Gasteiger partial charge in [0.15, 0.2) is 0 Å². The smallest absolute Gasteiger partial charge is 0.114 e. The molecule has 20 heavy (non-hydrogen) atoms. The Morgan fingerprint density at radius 3 is 2.90 bits per heavy atom. The van der Waals surface area contributed by atoms with Crippen LogP contribution in [0.2, 0.25) is 0 Å². The van der Waals surface area contributed by atoms with Crippen LogP contribution in [0.3, 0.4) is 0 Å². The standard InChI is InChI=1S/C16H29N3O/c1-5-11-19-14(8-10-17-19)15(20)16(18(3)4)9-6-7-13(2)12-16/h8,10,13,15,20H,5-7,9,11-12H2,1-4H3. The number of aryl methyl sites for hydroxylation is 1. The number of rotatable bonds is 5. The summed E-state index contributed by atoms with van der Waals surface area (Å²) in [7, 11) is 4.20. The van der Waals surface area contributed by atoms with Gasteiger partial charge in [-0.15, -0.1) is 0 Å². The van der Waals surface area contributed by atoms with Gasteiger partial charge in [-0.2, -0.15) is 5.10 Å². The summed E-state index contributed by atoms with van der Waals surface area (Å²) in [5.74, 6) is 0.670. The second kappa shape index (κ2) is 6.27. The van der Waals surface area contributed by atoms with Crippen molar-refractivity contribution in [1.82, 2.24) is 14.7 Å². The molecule has 0 spiro atoms. The van der Waals surface area contributed by atoms with Crippen molar-refractivity contribution in [3.63, 3.8) is 0 Å². The molecule has 0 bridgehead atoms. The van der Waals surface area contributed by atoms with E-state index in [1.54, 1.807) is 0 Å². The first-order valence-corrected chi connectivity index (χ1v) is 7.88. The highest BCUT2D eigenvalue weighted by Gasteiger charge is 2.44. The Hall–Kier alpha value is -0.870. The van der Waals surface area contributed by atoms with Crippen LogP contribution in [0.5, 0.6) is 0 Å². The molecule has 1 fully saturated rings. The maximum absolute atomic E-state index is 11.1. The van der Waals surface area contributed by atoms with E-state index in [4.69, 9.17) is 0 Å². The maximum atomic E-state index is 11.1. The average molecular weight is 279 g/mol. The normalized spacial score (nSPS) is 28.8. The molecule has 0 aliphatic heterocycles. The Morgan fingerprint density at radius 1 is 1.55 bits per heavy atom. The number of aliphatic hydroxyl groups excluding tert-OH is 1. The van der Waals surface area contributed by atoms with Crippen molar-refractivity contribution in [3.05, 3.63) is 18.0 Å². The zero-order valence-electron chi connectivity index (χ0n) is 13.3. The van der Waals surface area contributed by atoms with Gasteiger partial charge in [-0.05, 0) is 45.3 Å². The lowest BCUT2D eigenvalue weighted by molar-refractivity contribution is -0.0491. The molecule has 1 N–H and O–H groups in total. The van der Waals surface area contributed by atoms with Crippen molar-refractivity contribution in [2.75, 3.05) is 14.1 Å². The van der Waals surface area contributed by atoms with E-state index in [2.05, 4.69) is 37.9 Å². The quantitative estimate of drug-likeness (QED) is 0.901. The molecule has 4 heteroatoms. The minimum Gasteiger partial charge on any atom is -0.385 e. The Kier molecular flexibility index (Phi) is 4.86. The van der Waals surface area contributed by atoms with Crippen molar-refractivity contribution in [1.29, 1.82) is 0 Å². The van der Waals surface area contributed by atoms with Gasteiger partial charge in [-0.25, -0.2) is 0 Å². The minimum absolute atomic E-state index is 0.150. The van der Waals surface area contributed by atoms with E-state index in [1.807, 2.05) is 16.9 Å². The molecule has 1 saturated carbocycles. The topological polar surface area (TPSA) is 41.3 Å². The van der Waals surface area contributed by atoms with E-state index in [1.165, 1.54) is 12.8 Å². The number of hydrogen-bond donors (Lipinski definition) is 1. The van der Waals surface area contributed by atoms with E-state index >= 15 is 0 Å². The Morgan fingerprint density at radius 2 is 2.30 bits per heavy atom. The molecule has 2 rings (SSSR count). The molecule has 0 amide bonds. The van der Waals surface area contributed by atoms with E-state index in [9.17, 15) is 5.11 Å².